The average Bonchev–Trinajstić information content (AvgIpc) is 3.51. The van der Waals surface area contributed by atoms with Gasteiger partial charge in [-0.3, -0.25) is 4.79 Å². The van der Waals surface area contributed by atoms with Gasteiger partial charge in [0.15, 0.2) is 5.76 Å². The predicted molar refractivity (Wildman–Crippen MR) is 112 cm³/mol. The van der Waals surface area contributed by atoms with Gasteiger partial charge in [0.1, 0.15) is 10.6 Å². The number of carbonyl (C=O) groups is 1. The van der Waals surface area contributed by atoms with Gasteiger partial charge in [-0.15, -0.1) is 0 Å². The van der Waals surface area contributed by atoms with Crippen LogP contribution in [0.2, 0.25) is 0 Å². The average molecular weight is 432 g/mol. The van der Waals surface area contributed by atoms with Crippen LogP contribution in [-0.4, -0.2) is 47.8 Å². The van der Waals surface area contributed by atoms with Gasteiger partial charge in [-0.25, -0.2) is 8.42 Å². The summed E-state index contributed by atoms with van der Waals surface area (Å²) in [4.78, 5) is 15.5. The predicted octanol–water partition coefficient (Wildman–Crippen LogP) is 3.19. The lowest BCUT2D eigenvalue weighted by molar-refractivity contribution is -0.138. The molecule has 2 aromatic rings. The first-order chi connectivity index (χ1) is 14.3. The van der Waals surface area contributed by atoms with E-state index in [1.807, 2.05) is 11.8 Å². The van der Waals surface area contributed by atoms with E-state index in [1.165, 1.54) is 9.87 Å². The first-order valence-corrected chi connectivity index (χ1v) is 12.0. The SMILES string of the molecule is Cc1ccc(CN(C(=O)C2CCCN(S(=O)(=O)c3c(C)noc3C)C2)C2CC2)cc1. The van der Waals surface area contributed by atoms with E-state index < -0.39 is 10.0 Å². The zero-order chi connectivity index (χ0) is 21.5. The van der Waals surface area contributed by atoms with Gasteiger partial charge in [0, 0.05) is 25.7 Å². The van der Waals surface area contributed by atoms with Crippen molar-refractivity contribution in [3.8, 4) is 0 Å². The van der Waals surface area contributed by atoms with Gasteiger partial charge in [-0.05, 0) is 52.0 Å². The third kappa shape index (κ3) is 4.16. The molecule has 2 fully saturated rings. The van der Waals surface area contributed by atoms with Crippen LogP contribution in [0.1, 0.15) is 48.3 Å². The van der Waals surface area contributed by atoms with Crippen LogP contribution in [0.15, 0.2) is 33.7 Å². The van der Waals surface area contributed by atoms with Crippen molar-refractivity contribution in [3.05, 3.63) is 46.8 Å². The minimum atomic E-state index is -3.73. The first-order valence-electron chi connectivity index (χ1n) is 10.6. The molecule has 0 bridgehead atoms. The fraction of sp³-hybridized carbons (Fsp3) is 0.545. The number of benzene rings is 1. The fourth-order valence-electron chi connectivity index (χ4n) is 4.23. The number of carbonyl (C=O) groups excluding carboxylic acids is 1. The van der Waals surface area contributed by atoms with E-state index in [4.69, 9.17) is 4.52 Å². The molecule has 2 heterocycles. The van der Waals surface area contributed by atoms with Crippen LogP contribution in [0.4, 0.5) is 0 Å². The van der Waals surface area contributed by atoms with E-state index in [-0.39, 0.29) is 29.3 Å². The second-order valence-electron chi connectivity index (χ2n) is 8.54. The highest BCUT2D eigenvalue weighted by atomic mass is 32.2. The number of piperidine rings is 1. The molecule has 1 saturated carbocycles. The van der Waals surface area contributed by atoms with Gasteiger partial charge >= 0.3 is 0 Å². The summed E-state index contributed by atoms with van der Waals surface area (Å²) >= 11 is 0. The summed E-state index contributed by atoms with van der Waals surface area (Å²) in [6.07, 6.45) is 3.42. The summed E-state index contributed by atoms with van der Waals surface area (Å²) < 4.78 is 32.9. The van der Waals surface area contributed by atoms with Gasteiger partial charge in [-0.1, -0.05) is 35.0 Å². The Hall–Kier alpha value is -2.19. The number of aryl methyl sites for hydroxylation is 3. The standard InChI is InChI=1S/C22H29N3O4S/c1-15-6-8-18(9-7-15)13-25(20-10-11-20)22(26)19-5-4-12-24(14-19)30(27,28)21-16(2)23-29-17(21)3/h6-9,19-20H,4-5,10-14H2,1-3H3. The lowest BCUT2D eigenvalue weighted by atomic mass is 9.97. The van der Waals surface area contributed by atoms with Crippen LogP contribution in [0.5, 0.6) is 0 Å². The maximum Gasteiger partial charge on any atom is 0.248 e. The zero-order valence-corrected chi connectivity index (χ0v) is 18.6. The maximum atomic E-state index is 13.4. The van der Waals surface area contributed by atoms with Gasteiger partial charge in [0.05, 0.1) is 5.92 Å². The van der Waals surface area contributed by atoms with Gasteiger partial charge in [-0.2, -0.15) is 4.31 Å². The van der Waals surface area contributed by atoms with E-state index in [0.29, 0.717) is 37.4 Å². The van der Waals surface area contributed by atoms with Crippen molar-refractivity contribution in [1.82, 2.24) is 14.4 Å². The third-order valence-corrected chi connectivity index (χ3v) is 8.15. The van der Waals surface area contributed by atoms with Crippen molar-refractivity contribution in [3.63, 3.8) is 0 Å². The fourth-order valence-corrected chi connectivity index (χ4v) is 6.05. The highest BCUT2D eigenvalue weighted by Gasteiger charge is 2.40. The Morgan fingerprint density at radius 3 is 2.47 bits per heavy atom. The second kappa shape index (κ2) is 8.15. The molecule has 0 N–H and O–H groups in total. The molecule has 4 rings (SSSR count). The monoisotopic (exact) mass is 431 g/mol. The van der Waals surface area contributed by atoms with Crippen LogP contribution >= 0.6 is 0 Å². The van der Waals surface area contributed by atoms with Crippen LogP contribution in [0, 0.1) is 26.7 Å². The summed E-state index contributed by atoms with van der Waals surface area (Å²) in [5.74, 6) is 0.0386. The molecular weight excluding hydrogens is 402 g/mol. The van der Waals surface area contributed by atoms with Gasteiger partial charge < -0.3 is 9.42 Å². The Morgan fingerprint density at radius 1 is 1.17 bits per heavy atom. The van der Waals surface area contributed by atoms with Gasteiger partial charge in [0.2, 0.25) is 15.9 Å². The van der Waals surface area contributed by atoms with Crippen LogP contribution in [-0.2, 0) is 21.4 Å². The molecule has 1 unspecified atom stereocenters. The highest BCUT2D eigenvalue weighted by molar-refractivity contribution is 7.89. The summed E-state index contributed by atoms with van der Waals surface area (Å²) in [6.45, 7) is 6.49. The number of rotatable bonds is 6. The van der Waals surface area contributed by atoms with E-state index in [9.17, 15) is 13.2 Å². The van der Waals surface area contributed by atoms with Crippen molar-refractivity contribution in [1.29, 1.82) is 0 Å². The van der Waals surface area contributed by atoms with Crippen molar-refractivity contribution < 1.29 is 17.7 Å². The van der Waals surface area contributed by atoms with Crippen LogP contribution < -0.4 is 0 Å². The molecule has 1 aliphatic carbocycles. The van der Waals surface area contributed by atoms with E-state index in [2.05, 4.69) is 29.4 Å². The molecule has 1 saturated heterocycles. The molecule has 162 valence electrons. The molecule has 1 aromatic heterocycles. The number of aromatic nitrogens is 1. The molecule has 2 aliphatic rings. The van der Waals surface area contributed by atoms with Gasteiger partial charge in [0.25, 0.3) is 0 Å². The number of hydrogen-bond acceptors (Lipinski definition) is 5. The minimum absolute atomic E-state index is 0.0664. The van der Waals surface area contributed by atoms with E-state index >= 15 is 0 Å². The Bertz CT molecular complexity index is 1010. The van der Waals surface area contributed by atoms with Crippen LogP contribution in [0.25, 0.3) is 0 Å². The first kappa shape index (κ1) is 21.1. The molecule has 7 nitrogen and oxygen atoms in total. The summed E-state index contributed by atoms with van der Waals surface area (Å²) in [5.41, 5.74) is 2.66. The molecule has 0 radical (unpaired) electrons. The third-order valence-electron chi connectivity index (χ3n) is 6.04. The molecule has 1 aliphatic heterocycles. The van der Waals surface area contributed by atoms with Crippen LogP contribution in [0.3, 0.4) is 0 Å². The Labute approximate surface area is 178 Å². The molecule has 1 amide bonds. The Morgan fingerprint density at radius 2 is 1.87 bits per heavy atom. The lowest BCUT2D eigenvalue weighted by Crippen LogP contribution is -2.47. The smallest absolute Gasteiger partial charge is 0.248 e. The van der Waals surface area contributed by atoms with Crippen molar-refractivity contribution in [2.45, 2.75) is 63.9 Å². The molecule has 30 heavy (non-hydrogen) atoms. The zero-order valence-electron chi connectivity index (χ0n) is 17.8. The Kier molecular flexibility index (Phi) is 5.72. The largest absolute Gasteiger partial charge is 0.360 e. The number of sulfonamides is 1. The maximum absolute atomic E-state index is 13.4. The van der Waals surface area contributed by atoms with Crippen molar-refractivity contribution in [2.24, 2.45) is 5.92 Å². The molecule has 1 aromatic carbocycles. The highest BCUT2D eigenvalue weighted by Crippen LogP contribution is 2.33. The second-order valence-corrected chi connectivity index (χ2v) is 10.4. The van der Waals surface area contributed by atoms with Crippen molar-refractivity contribution >= 4 is 15.9 Å². The minimum Gasteiger partial charge on any atom is -0.360 e. The lowest BCUT2D eigenvalue weighted by Gasteiger charge is -2.34. The summed E-state index contributed by atoms with van der Waals surface area (Å²) in [6, 6.07) is 8.51. The normalized spacial score (nSPS) is 20.3. The molecule has 1 atom stereocenters. The number of nitrogens with zero attached hydrogens (tertiary/aromatic N) is 3. The number of hydrogen-bond donors (Lipinski definition) is 0. The molecule has 8 heteroatoms. The van der Waals surface area contributed by atoms with Crippen molar-refractivity contribution in [2.75, 3.05) is 13.1 Å². The molecule has 0 spiro atoms. The molecular formula is C22H29N3O4S. The summed E-state index contributed by atoms with van der Waals surface area (Å²) in [7, 11) is -3.73. The summed E-state index contributed by atoms with van der Waals surface area (Å²) in [5, 5.41) is 3.79. The van der Waals surface area contributed by atoms with E-state index in [0.717, 1.165) is 18.4 Å². The topological polar surface area (TPSA) is 83.7 Å². The van der Waals surface area contributed by atoms with E-state index in [1.54, 1.807) is 13.8 Å². The Balaban J connectivity index is 1.51. The quantitative estimate of drug-likeness (QED) is 0.701. The number of amides is 1.